The van der Waals surface area contributed by atoms with E-state index < -0.39 is 0 Å². The van der Waals surface area contributed by atoms with Crippen LogP contribution in [0, 0.1) is 20.8 Å². The smallest absolute Gasteiger partial charge is 0.261 e. The molecule has 26 heavy (non-hydrogen) atoms. The molecule has 0 aliphatic heterocycles. The molecule has 1 heterocycles. The van der Waals surface area contributed by atoms with Gasteiger partial charge in [0.25, 0.3) is 5.91 Å². The first kappa shape index (κ1) is 20.2. The number of pyridine rings is 1. The topological polar surface area (TPSA) is 51.1 Å². The van der Waals surface area contributed by atoms with Gasteiger partial charge in [-0.1, -0.05) is 43.9 Å². The molecule has 0 radical (unpaired) electrons. The van der Waals surface area contributed by atoms with Crippen molar-refractivity contribution < 1.29 is 4.79 Å². The molecule has 1 N–H and O–H groups in total. The third-order valence-corrected chi connectivity index (χ3v) is 4.92. The van der Waals surface area contributed by atoms with Gasteiger partial charge in [-0.25, -0.2) is 0 Å². The average Bonchev–Trinajstić information content (AvgIpc) is 2.57. The summed E-state index contributed by atoms with van der Waals surface area (Å²) in [6.07, 6.45) is 4.55. The summed E-state index contributed by atoms with van der Waals surface area (Å²) in [6, 6.07) is 6.85. The fourth-order valence-electron chi connectivity index (χ4n) is 3.15. The maximum Gasteiger partial charge on any atom is 0.261 e. The second kappa shape index (κ2) is 9.04. The first-order valence-corrected chi connectivity index (χ1v) is 9.51. The molecule has 140 valence electrons. The molecule has 0 saturated carbocycles. The van der Waals surface area contributed by atoms with Gasteiger partial charge in [0, 0.05) is 34.7 Å². The quantitative estimate of drug-likeness (QED) is 0.672. The SMILES string of the molecule is CCCCCCn1c(C)cc(=O)c(C(=O)Nc2cc(Cl)ccc2C)c1C. The van der Waals surface area contributed by atoms with Gasteiger partial charge in [-0.05, 0) is 44.9 Å². The molecule has 4 nitrogen and oxygen atoms in total. The van der Waals surface area contributed by atoms with Crippen LogP contribution < -0.4 is 10.7 Å². The number of benzene rings is 1. The summed E-state index contributed by atoms with van der Waals surface area (Å²) in [6.45, 7) is 8.63. The van der Waals surface area contributed by atoms with Crippen molar-refractivity contribution in [3.8, 4) is 0 Å². The van der Waals surface area contributed by atoms with Crippen LogP contribution in [-0.4, -0.2) is 10.5 Å². The van der Waals surface area contributed by atoms with Crippen molar-refractivity contribution in [2.45, 2.75) is 59.9 Å². The van der Waals surface area contributed by atoms with Crippen LogP contribution in [0.2, 0.25) is 5.02 Å². The second-order valence-corrected chi connectivity index (χ2v) is 7.17. The van der Waals surface area contributed by atoms with E-state index in [4.69, 9.17) is 11.6 Å². The summed E-state index contributed by atoms with van der Waals surface area (Å²) in [5, 5.41) is 3.38. The Hall–Kier alpha value is -2.07. The van der Waals surface area contributed by atoms with E-state index in [-0.39, 0.29) is 16.9 Å². The van der Waals surface area contributed by atoms with Gasteiger partial charge in [-0.2, -0.15) is 0 Å². The van der Waals surface area contributed by atoms with Gasteiger partial charge in [0.1, 0.15) is 5.56 Å². The molecule has 0 saturated heterocycles. The average molecular weight is 375 g/mol. The van der Waals surface area contributed by atoms with E-state index in [1.165, 1.54) is 12.8 Å². The fraction of sp³-hybridized carbons (Fsp3) is 0.429. The molecule has 0 bridgehead atoms. The third-order valence-electron chi connectivity index (χ3n) is 4.69. The van der Waals surface area contributed by atoms with Crippen molar-refractivity contribution in [1.82, 2.24) is 4.57 Å². The van der Waals surface area contributed by atoms with E-state index >= 15 is 0 Å². The maximum absolute atomic E-state index is 12.8. The molecule has 1 amide bonds. The van der Waals surface area contributed by atoms with Crippen molar-refractivity contribution in [3.05, 3.63) is 62.0 Å². The minimum atomic E-state index is -0.389. The molecule has 1 aromatic carbocycles. The van der Waals surface area contributed by atoms with Gasteiger partial charge < -0.3 is 9.88 Å². The summed E-state index contributed by atoms with van der Waals surface area (Å²) in [5.74, 6) is -0.389. The first-order valence-electron chi connectivity index (χ1n) is 9.13. The lowest BCUT2D eigenvalue weighted by atomic mass is 10.1. The molecule has 2 rings (SSSR count). The van der Waals surface area contributed by atoms with Crippen LogP contribution in [0.3, 0.4) is 0 Å². The Labute approximate surface area is 160 Å². The van der Waals surface area contributed by atoms with Gasteiger partial charge in [0.15, 0.2) is 5.43 Å². The number of halogens is 1. The highest BCUT2D eigenvalue weighted by Gasteiger charge is 2.18. The highest BCUT2D eigenvalue weighted by atomic mass is 35.5. The molecule has 1 aromatic heterocycles. The number of nitrogens with zero attached hydrogens (tertiary/aromatic N) is 1. The summed E-state index contributed by atoms with van der Waals surface area (Å²) in [5.41, 5.74) is 3.07. The highest BCUT2D eigenvalue weighted by molar-refractivity contribution is 6.31. The second-order valence-electron chi connectivity index (χ2n) is 6.74. The van der Waals surface area contributed by atoms with E-state index in [1.807, 2.05) is 26.8 Å². The lowest BCUT2D eigenvalue weighted by molar-refractivity contribution is 0.102. The summed E-state index contributed by atoms with van der Waals surface area (Å²) in [4.78, 5) is 25.3. The molecule has 0 unspecified atom stereocenters. The zero-order valence-electron chi connectivity index (χ0n) is 16.0. The Kier molecular flexibility index (Phi) is 7.04. The minimum Gasteiger partial charge on any atom is -0.348 e. The summed E-state index contributed by atoms with van der Waals surface area (Å²) in [7, 11) is 0. The van der Waals surface area contributed by atoms with Gasteiger partial charge in [0.2, 0.25) is 0 Å². The van der Waals surface area contributed by atoms with Crippen LogP contribution in [0.5, 0.6) is 0 Å². The standard InChI is InChI=1S/C21H27ClN2O2/c1-5-6-7-8-11-24-15(3)12-19(25)20(16(24)4)21(26)23-18-13-17(22)10-9-14(18)2/h9-10,12-13H,5-8,11H2,1-4H3,(H,23,26). The summed E-state index contributed by atoms with van der Waals surface area (Å²) < 4.78 is 2.07. The van der Waals surface area contributed by atoms with Crippen molar-refractivity contribution in [2.75, 3.05) is 5.32 Å². The number of unbranched alkanes of at least 4 members (excludes halogenated alkanes) is 3. The predicted molar refractivity (Wildman–Crippen MR) is 108 cm³/mol. The number of carbonyl (C=O) groups is 1. The van der Waals surface area contributed by atoms with E-state index in [0.29, 0.717) is 16.4 Å². The van der Waals surface area contributed by atoms with Crippen molar-refractivity contribution in [1.29, 1.82) is 0 Å². The van der Waals surface area contributed by atoms with E-state index in [2.05, 4.69) is 16.8 Å². The maximum atomic E-state index is 12.8. The van der Waals surface area contributed by atoms with Crippen LogP contribution in [0.1, 0.15) is 59.9 Å². The predicted octanol–water partition coefficient (Wildman–Crippen LogP) is 5.26. The minimum absolute atomic E-state index is 0.200. The number of hydrogen-bond acceptors (Lipinski definition) is 2. The number of aryl methyl sites for hydroxylation is 2. The molecule has 5 heteroatoms. The Morgan fingerprint density at radius 1 is 1.12 bits per heavy atom. The molecule has 0 spiro atoms. The van der Waals surface area contributed by atoms with Gasteiger partial charge in [-0.3, -0.25) is 9.59 Å². The zero-order chi connectivity index (χ0) is 19.3. The molecule has 2 aromatic rings. The van der Waals surface area contributed by atoms with Crippen LogP contribution in [0.25, 0.3) is 0 Å². The Balaban J connectivity index is 2.31. The molecular formula is C21H27ClN2O2. The largest absolute Gasteiger partial charge is 0.348 e. The Morgan fingerprint density at radius 3 is 2.54 bits per heavy atom. The van der Waals surface area contributed by atoms with E-state index in [0.717, 1.165) is 30.6 Å². The first-order chi connectivity index (χ1) is 12.3. The lowest BCUT2D eigenvalue weighted by Crippen LogP contribution is -2.27. The Bertz CT molecular complexity index is 856. The van der Waals surface area contributed by atoms with Crippen molar-refractivity contribution in [3.63, 3.8) is 0 Å². The van der Waals surface area contributed by atoms with E-state index in [1.54, 1.807) is 18.2 Å². The molecule has 0 atom stereocenters. The number of hydrogen-bond donors (Lipinski definition) is 1. The number of carbonyl (C=O) groups excluding carboxylic acids is 1. The van der Waals surface area contributed by atoms with Crippen LogP contribution >= 0.6 is 11.6 Å². The Morgan fingerprint density at radius 2 is 1.85 bits per heavy atom. The van der Waals surface area contributed by atoms with Gasteiger partial charge in [-0.15, -0.1) is 0 Å². The van der Waals surface area contributed by atoms with Crippen LogP contribution in [0.15, 0.2) is 29.1 Å². The monoisotopic (exact) mass is 374 g/mol. The molecule has 0 fully saturated rings. The summed E-state index contributed by atoms with van der Waals surface area (Å²) >= 11 is 6.02. The number of amides is 1. The van der Waals surface area contributed by atoms with Crippen molar-refractivity contribution >= 4 is 23.2 Å². The number of nitrogens with one attached hydrogen (secondary N) is 1. The third kappa shape index (κ3) is 4.76. The lowest BCUT2D eigenvalue weighted by Gasteiger charge is -2.18. The molecule has 0 aliphatic carbocycles. The number of anilines is 1. The van der Waals surface area contributed by atoms with Crippen LogP contribution in [0.4, 0.5) is 5.69 Å². The highest BCUT2D eigenvalue weighted by Crippen LogP contribution is 2.21. The normalized spacial score (nSPS) is 10.8. The zero-order valence-corrected chi connectivity index (χ0v) is 16.7. The molecular weight excluding hydrogens is 348 g/mol. The van der Waals surface area contributed by atoms with Crippen LogP contribution in [-0.2, 0) is 6.54 Å². The number of aromatic nitrogens is 1. The van der Waals surface area contributed by atoms with E-state index in [9.17, 15) is 9.59 Å². The van der Waals surface area contributed by atoms with Gasteiger partial charge >= 0.3 is 0 Å². The molecule has 0 aliphatic rings. The number of rotatable bonds is 7. The van der Waals surface area contributed by atoms with Gasteiger partial charge in [0.05, 0.1) is 0 Å². The van der Waals surface area contributed by atoms with Crippen molar-refractivity contribution in [2.24, 2.45) is 0 Å². The fourth-order valence-corrected chi connectivity index (χ4v) is 3.32.